The monoisotopic (exact) mass is 317 g/mol. The van der Waals surface area contributed by atoms with E-state index in [1.165, 1.54) is 19.3 Å². The molecule has 0 radical (unpaired) electrons. The second-order valence-corrected chi connectivity index (χ2v) is 5.91. The van der Waals surface area contributed by atoms with Gasteiger partial charge in [-0.05, 0) is 47.2 Å². The second kappa shape index (κ2) is 6.05. The molecule has 1 saturated carbocycles. The van der Waals surface area contributed by atoms with Crippen LogP contribution in [-0.2, 0) is 0 Å². The Morgan fingerprint density at radius 3 is 3.06 bits per heavy atom. The van der Waals surface area contributed by atoms with E-state index < -0.39 is 0 Å². The number of halogens is 2. The molecule has 1 aliphatic carbocycles. The molecule has 4 heteroatoms. The molecule has 1 heterocycles. The number of pyridine rings is 1. The minimum absolute atomic E-state index is 0.304. The molecule has 0 amide bonds. The first-order valence-electron chi connectivity index (χ1n) is 6.16. The third-order valence-electron chi connectivity index (χ3n) is 3.36. The number of hydrogen-bond acceptors (Lipinski definition) is 2. The molecule has 0 aliphatic heterocycles. The lowest BCUT2D eigenvalue weighted by molar-refractivity contribution is 0.116. The minimum atomic E-state index is 0.304. The Bertz CT molecular complexity index is 386. The predicted octanol–water partition coefficient (Wildman–Crippen LogP) is 4.85. The maximum absolute atomic E-state index is 5.96. The third-order valence-corrected chi connectivity index (χ3v) is 4.14. The molecular formula is C13H17BrClNO. The van der Waals surface area contributed by atoms with Crippen LogP contribution in [0.5, 0.6) is 5.88 Å². The Hall–Kier alpha value is -0.280. The van der Waals surface area contributed by atoms with Crippen LogP contribution < -0.4 is 4.74 Å². The maximum atomic E-state index is 5.96. The average molecular weight is 319 g/mol. The van der Waals surface area contributed by atoms with Crippen molar-refractivity contribution in [3.8, 4) is 5.88 Å². The molecule has 0 spiro atoms. The van der Waals surface area contributed by atoms with Crippen LogP contribution in [0.25, 0.3) is 0 Å². The van der Waals surface area contributed by atoms with Crippen molar-refractivity contribution < 1.29 is 4.74 Å². The summed E-state index contributed by atoms with van der Waals surface area (Å²) >= 11 is 9.29. The van der Waals surface area contributed by atoms with E-state index in [1.807, 2.05) is 6.07 Å². The van der Waals surface area contributed by atoms with E-state index in [4.69, 9.17) is 16.3 Å². The Morgan fingerprint density at radius 1 is 1.53 bits per heavy atom. The molecular weight excluding hydrogens is 302 g/mol. The van der Waals surface area contributed by atoms with Crippen molar-refractivity contribution in [3.63, 3.8) is 0 Å². The van der Waals surface area contributed by atoms with E-state index in [9.17, 15) is 0 Å². The fourth-order valence-corrected chi connectivity index (χ4v) is 3.10. The molecule has 94 valence electrons. The summed E-state index contributed by atoms with van der Waals surface area (Å²) < 4.78 is 6.79. The van der Waals surface area contributed by atoms with Gasteiger partial charge in [0.05, 0.1) is 9.50 Å². The molecule has 1 aliphatic rings. The van der Waals surface area contributed by atoms with Gasteiger partial charge in [-0.3, -0.25) is 0 Å². The van der Waals surface area contributed by atoms with Gasteiger partial charge in [0.2, 0.25) is 5.88 Å². The fourth-order valence-electron chi connectivity index (χ4n) is 2.37. The van der Waals surface area contributed by atoms with E-state index in [1.54, 1.807) is 6.20 Å². The highest BCUT2D eigenvalue weighted by Crippen LogP contribution is 2.32. The van der Waals surface area contributed by atoms with Gasteiger partial charge in [-0.15, -0.1) is 0 Å². The maximum Gasteiger partial charge on any atom is 0.228 e. The molecule has 2 unspecified atom stereocenters. The number of rotatable bonds is 3. The zero-order valence-electron chi connectivity index (χ0n) is 9.96. The number of hydrogen-bond donors (Lipinski definition) is 0. The van der Waals surface area contributed by atoms with Gasteiger partial charge in [0, 0.05) is 6.20 Å². The Morgan fingerprint density at radius 2 is 2.35 bits per heavy atom. The standard InChI is InChI=1S/C13H17BrClNO/c1-2-9-4-3-5-11(6-9)17-13-12(14)7-10(15)8-16-13/h7-9,11H,2-6H2,1H3. The molecule has 0 aromatic carbocycles. The number of nitrogens with zero attached hydrogens (tertiary/aromatic N) is 1. The molecule has 2 nitrogen and oxygen atoms in total. The summed E-state index contributed by atoms with van der Waals surface area (Å²) in [4.78, 5) is 4.22. The van der Waals surface area contributed by atoms with Crippen molar-refractivity contribution in [1.82, 2.24) is 4.98 Å². The molecule has 1 aromatic rings. The average Bonchev–Trinajstić information content (AvgIpc) is 2.33. The zero-order chi connectivity index (χ0) is 12.3. The fraction of sp³-hybridized carbons (Fsp3) is 0.615. The molecule has 0 saturated heterocycles. The van der Waals surface area contributed by atoms with Gasteiger partial charge in [-0.2, -0.15) is 0 Å². The van der Waals surface area contributed by atoms with E-state index in [2.05, 4.69) is 27.8 Å². The van der Waals surface area contributed by atoms with E-state index in [0.717, 1.165) is 23.2 Å². The first-order valence-corrected chi connectivity index (χ1v) is 7.33. The highest BCUT2D eigenvalue weighted by atomic mass is 79.9. The van der Waals surface area contributed by atoms with Crippen LogP contribution in [0.3, 0.4) is 0 Å². The van der Waals surface area contributed by atoms with Crippen molar-refractivity contribution in [2.75, 3.05) is 0 Å². The van der Waals surface area contributed by atoms with Gasteiger partial charge in [0.15, 0.2) is 0 Å². The van der Waals surface area contributed by atoms with Crippen LogP contribution in [0.1, 0.15) is 39.0 Å². The highest BCUT2D eigenvalue weighted by Gasteiger charge is 2.23. The summed E-state index contributed by atoms with van der Waals surface area (Å²) in [6.45, 7) is 2.25. The van der Waals surface area contributed by atoms with Crippen molar-refractivity contribution in [2.45, 2.75) is 45.1 Å². The van der Waals surface area contributed by atoms with E-state index >= 15 is 0 Å². The summed E-state index contributed by atoms with van der Waals surface area (Å²) in [5, 5.41) is 0.624. The van der Waals surface area contributed by atoms with Gasteiger partial charge in [-0.25, -0.2) is 4.98 Å². The van der Waals surface area contributed by atoms with Crippen LogP contribution in [0, 0.1) is 5.92 Å². The van der Waals surface area contributed by atoms with Gasteiger partial charge in [0.25, 0.3) is 0 Å². The lowest BCUT2D eigenvalue weighted by Crippen LogP contribution is -2.25. The van der Waals surface area contributed by atoms with Gasteiger partial charge in [-0.1, -0.05) is 31.4 Å². The van der Waals surface area contributed by atoms with Crippen molar-refractivity contribution >= 4 is 27.5 Å². The highest BCUT2D eigenvalue weighted by molar-refractivity contribution is 9.10. The smallest absolute Gasteiger partial charge is 0.228 e. The third kappa shape index (κ3) is 3.59. The largest absolute Gasteiger partial charge is 0.474 e. The summed E-state index contributed by atoms with van der Waals surface area (Å²) in [6.07, 6.45) is 8.05. The number of ether oxygens (including phenoxy) is 1. The van der Waals surface area contributed by atoms with Crippen molar-refractivity contribution in [3.05, 3.63) is 21.8 Å². The van der Waals surface area contributed by atoms with Crippen molar-refractivity contribution in [2.24, 2.45) is 5.92 Å². The predicted molar refractivity (Wildman–Crippen MR) is 73.6 cm³/mol. The Labute approximate surface area is 116 Å². The summed E-state index contributed by atoms with van der Waals surface area (Å²) in [7, 11) is 0. The first-order chi connectivity index (χ1) is 8.19. The first kappa shape index (κ1) is 13.2. The van der Waals surface area contributed by atoms with Crippen LogP contribution in [0.2, 0.25) is 5.02 Å². The normalized spacial score (nSPS) is 24.6. The molecule has 0 N–H and O–H groups in total. The molecule has 0 bridgehead atoms. The second-order valence-electron chi connectivity index (χ2n) is 4.62. The molecule has 1 fully saturated rings. The molecule has 1 aromatic heterocycles. The summed E-state index contributed by atoms with van der Waals surface area (Å²) in [5.41, 5.74) is 0. The molecule has 2 atom stereocenters. The van der Waals surface area contributed by atoms with E-state index in [-0.39, 0.29) is 0 Å². The van der Waals surface area contributed by atoms with Crippen LogP contribution in [0.15, 0.2) is 16.7 Å². The summed E-state index contributed by atoms with van der Waals surface area (Å²) in [5.74, 6) is 1.47. The Kier molecular flexibility index (Phi) is 4.69. The summed E-state index contributed by atoms with van der Waals surface area (Å²) in [6, 6.07) is 1.82. The van der Waals surface area contributed by atoms with Crippen LogP contribution in [-0.4, -0.2) is 11.1 Å². The quantitative estimate of drug-likeness (QED) is 0.795. The molecule has 2 rings (SSSR count). The van der Waals surface area contributed by atoms with Gasteiger partial charge < -0.3 is 4.74 Å². The topological polar surface area (TPSA) is 22.1 Å². The van der Waals surface area contributed by atoms with Gasteiger partial charge >= 0.3 is 0 Å². The van der Waals surface area contributed by atoms with Crippen LogP contribution >= 0.6 is 27.5 Å². The zero-order valence-corrected chi connectivity index (χ0v) is 12.3. The van der Waals surface area contributed by atoms with Crippen molar-refractivity contribution in [1.29, 1.82) is 0 Å². The number of aromatic nitrogens is 1. The lowest BCUT2D eigenvalue weighted by atomic mass is 9.85. The van der Waals surface area contributed by atoms with E-state index in [0.29, 0.717) is 17.0 Å². The Balaban J connectivity index is 2.00. The minimum Gasteiger partial charge on any atom is -0.474 e. The molecule has 17 heavy (non-hydrogen) atoms. The lowest BCUT2D eigenvalue weighted by Gasteiger charge is -2.28. The van der Waals surface area contributed by atoms with Crippen LogP contribution in [0.4, 0.5) is 0 Å². The van der Waals surface area contributed by atoms with Gasteiger partial charge in [0.1, 0.15) is 6.10 Å². The SMILES string of the molecule is CCC1CCCC(Oc2ncc(Cl)cc2Br)C1.